The van der Waals surface area contributed by atoms with Crippen molar-refractivity contribution in [3.05, 3.63) is 115 Å². The summed E-state index contributed by atoms with van der Waals surface area (Å²) in [4.78, 5) is 15.1. The molecule has 0 unspecified atom stereocenters. The first-order valence-corrected chi connectivity index (χ1v) is 12.4. The lowest BCUT2D eigenvalue weighted by atomic mass is 10.00. The van der Waals surface area contributed by atoms with Crippen molar-refractivity contribution >= 4 is 43.4 Å². The van der Waals surface area contributed by atoms with Gasteiger partial charge in [0.05, 0.1) is 32.6 Å². The Morgan fingerprint density at radius 3 is 1.83 bits per heavy atom. The molecule has 0 aliphatic rings. The monoisotopic (exact) mass is 465 g/mol. The van der Waals surface area contributed by atoms with Gasteiger partial charge in [-0.25, -0.2) is 15.0 Å². The molecule has 2 aromatic heterocycles. The number of thiazole rings is 1. The third-order valence-electron chi connectivity index (χ3n) is 6.29. The van der Waals surface area contributed by atoms with E-state index in [1.54, 1.807) is 11.3 Å². The minimum atomic E-state index is 0.889. The van der Waals surface area contributed by atoms with E-state index in [-0.39, 0.29) is 0 Å². The van der Waals surface area contributed by atoms with Crippen LogP contribution in [-0.2, 0) is 0 Å². The van der Waals surface area contributed by atoms with Crippen LogP contribution in [-0.4, -0.2) is 15.0 Å². The summed E-state index contributed by atoms with van der Waals surface area (Å²) in [5, 5.41) is 3.34. The van der Waals surface area contributed by atoms with E-state index in [4.69, 9.17) is 15.0 Å². The predicted octanol–water partition coefficient (Wildman–Crippen LogP) is 8.39. The molecule has 5 aromatic carbocycles. The number of aromatic nitrogens is 3. The first-order valence-electron chi connectivity index (χ1n) is 11.5. The Kier molecular flexibility index (Phi) is 4.64. The SMILES string of the molecule is c1ccc(-c2nc3c(ccc4cc(-c5nc6ccccc6nc5-c5ccccc5)ccc43)s2)cc1. The minimum Gasteiger partial charge on any atom is -0.244 e. The molecule has 3 nitrogen and oxygen atoms in total. The highest BCUT2D eigenvalue weighted by Crippen LogP contribution is 2.37. The number of fused-ring (bicyclic) bond motifs is 4. The Labute approximate surface area is 206 Å². The lowest BCUT2D eigenvalue weighted by Gasteiger charge is -2.11. The van der Waals surface area contributed by atoms with Gasteiger partial charge in [0.1, 0.15) is 5.01 Å². The molecule has 0 atom stereocenters. The standard InChI is InChI=1S/C31H19N3S/c1-3-9-20(10-4-1)28-29(33-26-14-8-7-13-25(26)32-28)23-15-17-24-22(19-23)16-18-27-30(24)34-31(35-27)21-11-5-2-6-12-21/h1-19H. The third-order valence-corrected chi connectivity index (χ3v) is 7.36. The fourth-order valence-corrected chi connectivity index (χ4v) is 5.56. The lowest BCUT2D eigenvalue weighted by Crippen LogP contribution is -1.95. The van der Waals surface area contributed by atoms with E-state index in [1.807, 2.05) is 48.5 Å². The van der Waals surface area contributed by atoms with Crippen LogP contribution in [0.1, 0.15) is 0 Å². The van der Waals surface area contributed by atoms with Gasteiger partial charge in [0.25, 0.3) is 0 Å². The number of benzene rings is 5. The Morgan fingerprint density at radius 2 is 1.11 bits per heavy atom. The second-order valence-electron chi connectivity index (χ2n) is 8.51. The van der Waals surface area contributed by atoms with Gasteiger partial charge in [-0.15, -0.1) is 11.3 Å². The number of hydrogen-bond acceptors (Lipinski definition) is 4. The molecule has 0 spiro atoms. The summed E-state index contributed by atoms with van der Waals surface area (Å²) < 4.78 is 1.19. The molecule has 0 N–H and O–H groups in total. The highest BCUT2D eigenvalue weighted by Gasteiger charge is 2.15. The number of hydrogen-bond donors (Lipinski definition) is 0. The summed E-state index contributed by atoms with van der Waals surface area (Å²) in [5.74, 6) is 0. The molecule has 7 aromatic rings. The van der Waals surface area contributed by atoms with Crippen LogP contribution in [0.15, 0.2) is 115 Å². The van der Waals surface area contributed by atoms with Crippen LogP contribution in [0.4, 0.5) is 0 Å². The van der Waals surface area contributed by atoms with E-state index in [9.17, 15) is 0 Å². The van der Waals surface area contributed by atoms with Crippen LogP contribution >= 0.6 is 11.3 Å². The fraction of sp³-hybridized carbons (Fsp3) is 0. The molecule has 0 amide bonds. The van der Waals surface area contributed by atoms with Gasteiger partial charge in [-0.2, -0.15) is 0 Å². The molecule has 0 aliphatic heterocycles. The van der Waals surface area contributed by atoms with Gasteiger partial charge in [0.2, 0.25) is 0 Å². The van der Waals surface area contributed by atoms with E-state index in [2.05, 4.69) is 66.7 Å². The number of nitrogens with zero attached hydrogens (tertiary/aromatic N) is 3. The molecule has 7 rings (SSSR count). The Bertz CT molecular complexity index is 1840. The largest absolute Gasteiger partial charge is 0.244 e. The molecule has 0 bridgehead atoms. The maximum atomic E-state index is 5.06. The van der Waals surface area contributed by atoms with E-state index in [1.165, 1.54) is 4.70 Å². The van der Waals surface area contributed by atoms with Crippen LogP contribution in [0.25, 0.3) is 65.1 Å². The average Bonchev–Trinajstić information content (AvgIpc) is 3.38. The van der Waals surface area contributed by atoms with Gasteiger partial charge in [-0.3, -0.25) is 0 Å². The molecule has 0 radical (unpaired) electrons. The Hall–Kier alpha value is -4.41. The minimum absolute atomic E-state index is 0.889. The molecular formula is C31H19N3S. The van der Waals surface area contributed by atoms with Gasteiger partial charge in [0, 0.05) is 22.1 Å². The lowest BCUT2D eigenvalue weighted by molar-refractivity contribution is 1.29. The van der Waals surface area contributed by atoms with E-state index < -0.39 is 0 Å². The van der Waals surface area contributed by atoms with Crippen molar-refractivity contribution < 1.29 is 0 Å². The van der Waals surface area contributed by atoms with Crippen molar-refractivity contribution in [2.45, 2.75) is 0 Å². The van der Waals surface area contributed by atoms with Crippen molar-refractivity contribution in [2.24, 2.45) is 0 Å². The first kappa shape index (κ1) is 20.0. The molecule has 164 valence electrons. The van der Waals surface area contributed by atoms with Gasteiger partial charge in [-0.1, -0.05) is 91.0 Å². The summed E-state index contributed by atoms with van der Waals surface area (Å²) in [7, 11) is 0. The highest BCUT2D eigenvalue weighted by molar-refractivity contribution is 7.21. The maximum Gasteiger partial charge on any atom is 0.124 e. The second kappa shape index (κ2) is 8.12. The molecule has 0 fully saturated rings. The van der Waals surface area contributed by atoms with Crippen molar-refractivity contribution in [1.82, 2.24) is 15.0 Å². The quantitative estimate of drug-likeness (QED) is 0.263. The summed E-state index contributed by atoms with van der Waals surface area (Å²) in [6.45, 7) is 0. The zero-order chi connectivity index (χ0) is 23.2. The van der Waals surface area contributed by atoms with Gasteiger partial charge in [-0.05, 0) is 29.7 Å². The van der Waals surface area contributed by atoms with Crippen molar-refractivity contribution in [2.75, 3.05) is 0 Å². The number of rotatable bonds is 3. The van der Waals surface area contributed by atoms with Crippen molar-refractivity contribution in [3.8, 4) is 33.1 Å². The summed E-state index contributed by atoms with van der Waals surface area (Å²) in [6, 6.07) is 39.6. The van der Waals surface area contributed by atoms with Crippen LogP contribution in [0.2, 0.25) is 0 Å². The zero-order valence-corrected chi connectivity index (χ0v) is 19.5. The van der Waals surface area contributed by atoms with Crippen molar-refractivity contribution in [1.29, 1.82) is 0 Å². The van der Waals surface area contributed by atoms with Gasteiger partial charge < -0.3 is 0 Å². The second-order valence-corrected chi connectivity index (χ2v) is 9.54. The molecule has 4 heteroatoms. The Morgan fingerprint density at radius 1 is 0.486 bits per heavy atom. The zero-order valence-electron chi connectivity index (χ0n) is 18.7. The molecule has 35 heavy (non-hydrogen) atoms. The molecule has 0 saturated carbocycles. The van der Waals surface area contributed by atoms with E-state index in [0.717, 1.165) is 60.4 Å². The molecule has 0 saturated heterocycles. The summed E-state index contributed by atoms with van der Waals surface area (Å²) in [6.07, 6.45) is 0. The number of para-hydroxylation sites is 2. The van der Waals surface area contributed by atoms with Crippen LogP contribution in [0.3, 0.4) is 0 Å². The molecule has 2 heterocycles. The van der Waals surface area contributed by atoms with Crippen LogP contribution in [0, 0.1) is 0 Å². The first-order chi connectivity index (χ1) is 17.3. The molecule has 0 aliphatic carbocycles. The Balaban J connectivity index is 1.42. The predicted molar refractivity (Wildman–Crippen MR) is 147 cm³/mol. The third kappa shape index (κ3) is 3.47. The van der Waals surface area contributed by atoms with E-state index >= 15 is 0 Å². The summed E-state index contributed by atoms with van der Waals surface area (Å²) in [5.41, 5.74) is 7.88. The van der Waals surface area contributed by atoms with Crippen molar-refractivity contribution in [3.63, 3.8) is 0 Å². The normalized spacial score (nSPS) is 11.4. The van der Waals surface area contributed by atoms with Gasteiger partial charge in [0.15, 0.2) is 0 Å². The van der Waals surface area contributed by atoms with Gasteiger partial charge >= 0.3 is 0 Å². The maximum absolute atomic E-state index is 5.06. The highest BCUT2D eigenvalue weighted by atomic mass is 32.1. The fourth-order valence-electron chi connectivity index (χ4n) is 4.57. The van der Waals surface area contributed by atoms with Crippen LogP contribution in [0.5, 0.6) is 0 Å². The molecular weight excluding hydrogens is 446 g/mol. The van der Waals surface area contributed by atoms with E-state index in [0.29, 0.717) is 0 Å². The van der Waals surface area contributed by atoms with Crippen LogP contribution < -0.4 is 0 Å². The summed E-state index contributed by atoms with van der Waals surface area (Å²) >= 11 is 1.73. The topological polar surface area (TPSA) is 38.7 Å². The smallest absolute Gasteiger partial charge is 0.124 e. The average molecular weight is 466 g/mol.